The minimum atomic E-state index is -5.08. The van der Waals surface area contributed by atoms with Gasteiger partial charge in [-0.05, 0) is 41.7 Å². The average molecular weight is 953 g/mol. The van der Waals surface area contributed by atoms with Crippen molar-refractivity contribution in [1.82, 2.24) is 25.0 Å². The third kappa shape index (κ3) is 18.6. The fraction of sp³-hybridized carbons (Fsp3) is 0.467. The maximum atomic E-state index is 15.0. The molecule has 3 aromatic rings. The van der Waals surface area contributed by atoms with E-state index in [1.165, 1.54) is 17.1 Å². The van der Waals surface area contributed by atoms with Gasteiger partial charge in [0.2, 0.25) is 17.7 Å². The van der Waals surface area contributed by atoms with Crippen LogP contribution in [0.5, 0.6) is 0 Å². The highest BCUT2D eigenvalue weighted by Crippen LogP contribution is 2.41. The molecular weight excluding hydrogens is 896 g/mol. The van der Waals surface area contributed by atoms with Gasteiger partial charge in [0.05, 0.1) is 58.3 Å². The summed E-state index contributed by atoms with van der Waals surface area (Å²) >= 11 is 0. The SMILES string of the molecule is CC(C)(C)[C@H](c1cc(-c2cc(F)ccc2F)cn1Cc1ccccc1)N(CC[C@H](N)C(=O)NCCNC(=O)CCOCCOCCOCCN1C(=O)C=CC1=O)C(=O)CO.O=C(O)C(F)(F)F. The Labute approximate surface area is 384 Å². The van der Waals surface area contributed by atoms with Crippen molar-refractivity contribution in [1.29, 1.82) is 0 Å². The third-order valence-corrected chi connectivity index (χ3v) is 9.82. The number of carboxylic acids is 1. The molecule has 4 rings (SSSR count). The van der Waals surface area contributed by atoms with E-state index in [0.717, 1.165) is 28.7 Å². The molecule has 2 heterocycles. The van der Waals surface area contributed by atoms with Crippen LogP contribution in [0.25, 0.3) is 11.1 Å². The number of nitrogens with two attached hydrogens (primary N) is 1. The molecule has 0 fully saturated rings. The minimum Gasteiger partial charge on any atom is -0.475 e. The van der Waals surface area contributed by atoms with Crippen molar-refractivity contribution in [2.75, 3.05) is 72.4 Å². The minimum absolute atomic E-state index is 0.00502. The molecule has 0 saturated carbocycles. The molecule has 1 aliphatic heterocycles. The van der Waals surface area contributed by atoms with Gasteiger partial charge in [0.15, 0.2) is 0 Å². The van der Waals surface area contributed by atoms with E-state index < -0.39 is 59.7 Å². The highest BCUT2D eigenvalue weighted by molar-refractivity contribution is 6.12. The number of nitrogens with one attached hydrogen (secondary N) is 2. The van der Waals surface area contributed by atoms with Gasteiger partial charge in [-0.25, -0.2) is 13.6 Å². The van der Waals surface area contributed by atoms with Crippen LogP contribution in [0.4, 0.5) is 22.0 Å². The monoisotopic (exact) mass is 952 g/mol. The number of aliphatic carboxylic acids is 1. The van der Waals surface area contributed by atoms with Crippen molar-refractivity contribution < 1.29 is 75.1 Å². The number of nitrogens with zero attached hydrogens (tertiary/aromatic N) is 3. The van der Waals surface area contributed by atoms with E-state index in [9.17, 15) is 46.6 Å². The summed E-state index contributed by atoms with van der Waals surface area (Å²) in [5.41, 5.74) is 7.65. The van der Waals surface area contributed by atoms with Gasteiger partial charge < -0.3 is 50.3 Å². The Morgan fingerprint density at radius 1 is 0.836 bits per heavy atom. The van der Waals surface area contributed by atoms with Gasteiger partial charge >= 0.3 is 12.1 Å². The summed E-state index contributed by atoms with van der Waals surface area (Å²) in [5, 5.41) is 22.6. The number of carbonyl (C=O) groups excluding carboxylic acids is 5. The van der Waals surface area contributed by atoms with E-state index in [4.69, 9.17) is 29.8 Å². The van der Waals surface area contributed by atoms with Crippen LogP contribution in [0.2, 0.25) is 0 Å². The number of carboxylic acid groups (broad SMARTS) is 1. The lowest BCUT2D eigenvalue weighted by Gasteiger charge is -2.41. The molecule has 2 aromatic carbocycles. The van der Waals surface area contributed by atoms with Crippen LogP contribution in [0.1, 0.15) is 50.9 Å². The molecule has 67 heavy (non-hydrogen) atoms. The molecule has 0 saturated heterocycles. The van der Waals surface area contributed by atoms with E-state index in [0.29, 0.717) is 24.4 Å². The summed E-state index contributed by atoms with van der Waals surface area (Å²) in [4.78, 5) is 73.1. The lowest BCUT2D eigenvalue weighted by molar-refractivity contribution is -0.192. The van der Waals surface area contributed by atoms with Gasteiger partial charge in [-0.2, -0.15) is 13.2 Å². The zero-order valence-electron chi connectivity index (χ0n) is 37.4. The molecule has 17 nitrogen and oxygen atoms in total. The quantitative estimate of drug-likeness (QED) is 0.0468. The molecule has 0 spiro atoms. The molecule has 5 amide bonds. The Balaban J connectivity index is 0.00000157. The Kier molecular flexibility index (Phi) is 22.2. The number of aliphatic hydroxyl groups excluding tert-OH is 1. The number of aliphatic hydroxyl groups is 1. The number of imide groups is 1. The summed E-state index contributed by atoms with van der Waals surface area (Å²) < 4.78 is 79.2. The van der Waals surface area contributed by atoms with Crippen LogP contribution in [0.3, 0.4) is 0 Å². The predicted molar refractivity (Wildman–Crippen MR) is 232 cm³/mol. The third-order valence-electron chi connectivity index (χ3n) is 9.82. The summed E-state index contributed by atoms with van der Waals surface area (Å²) in [5.74, 6) is -6.05. The van der Waals surface area contributed by atoms with Crippen molar-refractivity contribution >= 4 is 35.5 Å². The smallest absolute Gasteiger partial charge is 0.475 e. The molecule has 0 radical (unpaired) electrons. The summed E-state index contributed by atoms with van der Waals surface area (Å²) in [6, 6.07) is 12.8. The molecule has 1 aliphatic rings. The highest BCUT2D eigenvalue weighted by Gasteiger charge is 2.39. The molecule has 1 aromatic heterocycles. The van der Waals surface area contributed by atoms with E-state index in [1.54, 1.807) is 12.3 Å². The fourth-order valence-corrected chi connectivity index (χ4v) is 6.63. The maximum absolute atomic E-state index is 15.0. The first-order chi connectivity index (χ1) is 31.6. The molecule has 6 N–H and O–H groups in total. The number of rotatable bonds is 25. The van der Waals surface area contributed by atoms with Gasteiger partial charge in [0.1, 0.15) is 18.2 Å². The van der Waals surface area contributed by atoms with Crippen molar-refractivity contribution in [3.63, 3.8) is 0 Å². The van der Waals surface area contributed by atoms with Gasteiger partial charge in [-0.15, -0.1) is 0 Å². The number of aromatic nitrogens is 1. The normalized spacial score (nSPS) is 13.5. The first-order valence-electron chi connectivity index (χ1n) is 21.1. The van der Waals surface area contributed by atoms with E-state index in [2.05, 4.69) is 10.6 Å². The number of ether oxygens (including phenoxy) is 3. The van der Waals surface area contributed by atoms with E-state index in [-0.39, 0.29) is 95.3 Å². The number of amides is 5. The molecule has 368 valence electrons. The first-order valence-corrected chi connectivity index (χ1v) is 21.1. The Bertz CT molecular complexity index is 2130. The molecule has 2 atom stereocenters. The number of hydrogen-bond acceptors (Lipinski definition) is 11. The van der Waals surface area contributed by atoms with Crippen LogP contribution in [0, 0.1) is 17.0 Å². The number of halogens is 5. The average Bonchev–Trinajstić information content (AvgIpc) is 3.83. The molecule has 22 heteroatoms. The molecule has 0 aliphatic carbocycles. The number of alkyl halides is 3. The maximum Gasteiger partial charge on any atom is 0.490 e. The Morgan fingerprint density at radius 3 is 2.00 bits per heavy atom. The van der Waals surface area contributed by atoms with Crippen LogP contribution in [-0.4, -0.2) is 145 Å². The topological polar surface area (TPSA) is 232 Å². The molecule has 0 bridgehead atoms. The lowest BCUT2D eigenvalue weighted by atomic mass is 9.82. The number of benzene rings is 2. The molecular formula is C45H57F5N6O11. The largest absolute Gasteiger partial charge is 0.490 e. The number of hydrogen-bond donors (Lipinski definition) is 5. The fourth-order valence-electron chi connectivity index (χ4n) is 6.63. The summed E-state index contributed by atoms with van der Waals surface area (Å²) in [6.45, 7) is 7.22. The van der Waals surface area contributed by atoms with Gasteiger partial charge in [-0.1, -0.05) is 51.1 Å². The van der Waals surface area contributed by atoms with Crippen LogP contribution < -0.4 is 16.4 Å². The van der Waals surface area contributed by atoms with Crippen LogP contribution in [-0.2, 0) is 49.5 Å². The first kappa shape index (κ1) is 55.3. The van der Waals surface area contributed by atoms with Crippen LogP contribution in [0.15, 0.2) is 72.9 Å². The van der Waals surface area contributed by atoms with Gasteiger partial charge in [0, 0.05) is 67.8 Å². The lowest BCUT2D eigenvalue weighted by Crippen LogP contribution is -2.48. The van der Waals surface area contributed by atoms with E-state index in [1.807, 2.05) is 55.7 Å². The number of carbonyl (C=O) groups is 6. The van der Waals surface area contributed by atoms with Gasteiger partial charge in [0.25, 0.3) is 11.8 Å². The predicted octanol–water partition coefficient (Wildman–Crippen LogP) is 3.34. The van der Waals surface area contributed by atoms with Crippen molar-refractivity contribution in [3.8, 4) is 11.1 Å². The van der Waals surface area contributed by atoms with Crippen molar-refractivity contribution in [2.24, 2.45) is 11.1 Å². The van der Waals surface area contributed by atoms with Crippen LogP contribution >= 0.6 is 0 Å². The summed E-state index contributed by atoms with van der Waals surface area (Å²) in [6.07, 6.45) is -0.798. The Hall–Kier alpha value is -6.07. The zero-order valence-corrected chi connectivity index (χ0v) is 37.4. The van der Waals surface area contributed by atoms with Crippen molar-refractivity contribution in [3.05, 3.63) is 95.8 Å². The van der Waals surface area contributed by atoms with E-state index >= 15 is 4.39 Å². The van der Waals surface area contributed by atoms with Gasteiger partial charge in [-0.3, -0.25) is 28.9 Å². The summed E-state index contributed by atoms with van der Waals surface area (Å²) in [7, 11) is 0. The van der Waals surface area contributed by atoms with Crippen molar-refractivity contribution in [2.45, 2.75) is 58.4 Å². The Morgan fingerprint density at radius 2 is 1.42 bits per heavy atom. The second-order valence-electron chi connectivity index (χ2n) is 16.0. The molecule has 0 unspecified atom stereocenters. The zero-order chi connectivity index (χ0) is 49.7. The second kappa shape index (κ2) is 26.9. The standard InChI is InChI=1S/C43H56F2N6O9.C2HF3O2/c1-43(2,3)41(36-25-31(33-26-32(44)9-10-34(33)45)28-49(36)27-30-7-5-4-6-8-30)51(40(56)29-52)17-13-35(46)42(57)48-16-15-47-37(53)14-19-58-21-23-60-24-22-59-20-18-50-38(54)11-12-39(50)55;3-2(4,5)1(6)7/h4-12,25-26,28,35,41,52H,13-24,27,29,46H2,1-3H3,(H,47,53)(H,48,57);(H,6,7)/t35-,41-;/m0./s1. The second-order valence-corrected chi connectivity index (χ2v) is 16.0. The highest BCUT2D eigenvalue weighted by atomic mass is 19.4.